The van der Waals surface area contributed by atoms with Crippen molar-refractivity contribution in [3.05, 3.63) is 34.4 Å². The van der Waals surface area contributed by atoms with Crippen molar-refractivity contribution in [3.8, 4) is 0 Å². The number of hydrogen-bond donors (Lipinski definition) is 0. The van der Waals surface area contributed by atoms with Crippen LogP contribution in [0.1, 0.15) is 138 Å². The molecule has 2 aliphatic rings. The number of halogens is 6. The first-order valence-electron chi connectivity index (χ1n) is 13.4. The molecule has 1 aromatic rings. The van der Waals surface area contributed by atoms with Crippen molar-refractivity contribution >= 4 is 0 Å². The Bertz CT molecular complexity index is 762. The maximum Gasteiger partial charge on any atom is 0.417 e. The third-order valence-corrected chi connectivity index (χ3v) is 8.32. The molecule has 3 rings (SSSR count). The van der Waals surface area contributed by atoms with E-state index in [1.54, 1.807) is 0 Å². The van der Waals surface area contributed by atoms with Gasteiger partial charge in [0.05, 0.1) is 11.1 Å². The van der Waals surface area contributed by atoms with E-state index in [1.807, 2.05) is 0 Å². The summed E-state index contributed by atoms with van der Waals surface area (Å²) in [4.78, 5) is 0. The van der Waals surface area contributed by atoms with Gasteiger partial charge in [-0.3, -0.25) is 0 Å². The molecule has 0 bridgehead atoms. The zero-order valence-corrected chi connectivity index (χ0v) is 20.6. The Morgan fingerprint density at radius 3 is 1.35 bits per heavy atom. The molecule has 6 heteroatoms. The van der Waals surface area contributed by atoms with Crippen LogP contribution in [0.2, 0.25) is 0 Å². The monoisotopic (exact) mass is 490 g/mol. The van der Waals surface area contributed by atoms with Crippen molar-refractivity contribution in [1.29, 1.82) is 0 Å². The second-order valence-electron chi connectivity index (χ2n) is 10.7. The second-order valence-corrected chi connectivity index (χ2v) is 10.7. The Morgan fingerprint density at radius 1 is 0.588 bits per heavy atom. The molecule has 34 heavy (non-hydrogen) atoms. The van der Waals surface area contributed by atoms with E-state index >= 15 is 0 Å². The van der Waals surface area contributed by atoms with Crippen LogP contribution in [0.4, 0.5) is 26.3 Å². The van der Waals surface area contributed by atoms with Crippen molar-refractivity contribution in [2.24, 2.45) is 11.8 Å². The normalized spacial score (nSPS) is 26.6. The van der Waals surface area contributed by atoms with Gasteiger partial charge in [0, 0.05) is 0 Å². The van der Waals surface area contributed by atoms with E-state index in [1.165, 1.54) is 12.1 Å². The summed E-state index contributed by atoms with van der Waals surface area (Å²) < 4.78 is 85.7. The molecule has 0 unspecified atom stereocenters. The zero-order valence-electron chi connectivity index (χ0n) is 20.6. The third-order valence-electron chi connectivity index (χ3n) is 8.32. The Morgan fingerprint density at radius 2 is 1.00 bits per heavy atom. The molecule has 0 aromatic heterocycles. The molecule has 0 radical (unpaired) electrons. The average Bonchev–Trinajstić information content (AvgIpc) is 2.78. The lowest BCUT2D eigenvalue weighted by molar-refractivity contribution is -0.163. The SMILES string of the molecule is CCCCCC1CCC(c2ccc(C3CCC(CCC)CC3)c(C(F)(F)F)c2C(F)(F)F)CC1. The van der Waals surface area contributed by atoms with Gasteiger partial charge in [0.2, 0.25) is 0 Å². The summed E-state index contributed by atoms with van der Waals surface area (Å²) in [6.07, 6.45) is 1.82. The number of hydrogen-bond acceptors (Lipinski definition) is 0. The van der Waals surface area contributed by atoms with Gasteiger partial charge in [0.1, 0.15) is 0 Å². The number of alkyl halides is 6. The molecule has 2 saturated carbocycles. The minimum Gasteiger partial charge on any atom is -0.166 e. The second kappa shape index (κ2) is 11.7. The molecule has 1 aromatic carbocycles. The average molecular weight is 491 g/mol. The molecule has 2 fully saturated rings. The van der Waals surface area contributed by atoms with Crippen molar-refractivity contribution in [3.63, 3.8) is 0 Å². The molecular weight excluding hydrogens is 450 g/mol. The van der Waals surface area contributed by atoms with E-state index in [4.69, 9.17) is 0 Å². The third kappa shape index (κ3) is 6.72. The number of unbranched alkanes of at least 4 members (excludes halogenated alkanes) is 2. The van der Waals surface area contributed by atoms with E-state index in [2.05, 4.69) is 13.8 Å². The van der Waals surface area contributed by atoms with Gasteiger partial charge < -0.3 is 0 Å². The maximum absolute atomic E-state index is 14.3. The van der Waals surface area contributed by atoms with Crippen LogP contribution in [0.5, 0.6) is 0 Å². The van der Waals surface area contributed by atoms with Crippen LogP contribution in [-0.4, -0.2) is 0 Å². The minimum absolute atomic E-state index is 0.129. The Labute approximate surface area is 200 Å². The van der Waals surface area contributed by atoms with Gasteiger partial charge in [-0.25, -0.2) is 0 Å². The van der Waals surface area contributed by atoms with Crippen LogP contribution in [0, 0.1) is 11.8 Å². The smallest absolute Gasteiger partial charge is 0.166 e. The first-order chi connectivity index (χ1) is 16.1. The van der Waals surface area contributed by atoms with Crippen LogP contribution in [0.15, 0.2) is 12.1 Å². The molecule has 0 atom stereocenters. The Kier molecular flexibility index (Phi) is 9.42. The molecule has 2 aliphatic carbocycles. The highest BCUT2D eigenvalue weighted by Gasteiger charge is 2.48. The highest BCUT2D eigenvalue weighted by atomic mass is 19.4. The van der Waals surface area contributed by atoms with Gasteiger partial charge in [-0.05, 0) is 86.2 Å². The van der Waals surface area contributed by atoms with Crippen LogP contribution in [-0.2, 0) is 12.4 Å². The predicted molar refractivity (Wildman–Crippen MR) is 125 cm³/mol. The van der Waals surface area contributed by atoms with Crippen LogP contribution < -0.4 is 0 Å². The first kappa shape index (κ1) is 27.4. The van der Waals surface area contributed by atoms with Crippen LogP contribution in [0.3, 0.4) is 0 Å². The van der Waals surface area contributed by atoms with E-state index in [0.717, 1.165) is 64.2 Å². The lowest BCUT2D eigenvalue weighted by Gasteiger charge is -2.34. The molecule has 0 N–H and O–H groups in total. The van der Waals surface area contributed by atoms with Crippen molar-refractivity contribution in [2.75, 3.05) is 0 Å². The summed E-state index contributed by atoms with van der Waals surface area (Å²) in [5.41, 5.74) is -3.06. The summed E-state index contributed by atoms with van der Waals surface area (Å²) >= 11 is 0. The topological polar surface area (TPSA) is 0 Å². The van der Waals surface area contributed by atoms with Gasteiger partial charge in [-0.1, -0.05) is 64.5 Å². The van der Waals surface area contributed by atoms with Gasteiger partial charge in [-0.15, -0.1) is 0 Å². The fraction of sp³-hybridized carbons (Fsp3) is 0.786. The predicted octanol–water partition coefficient (Wildman–Crippen LogP) is 10.7. The fourth-order valence-corrected chi connectivity index (χ4v) is 6.54. The molecule has 0 heterocycles. The molecule has 194 valence electrons. The molecule has 0 spiro atoms. The van der Waals surface area contributed by atoms with Crippen molar-refractivity contribution in [1.82, 2.24) is 0 Å². The van der Waals surface area contributed by atoms with Crippen LogP contribution in [0.25, 0.3) is 0 Å². The van der Waals surface area contributed by atoms with Crippen molar-refractivity contribution < 1.29 is 26.3 Å². The summed E-state index contributed by atoms with van der Waals surface area (Å²) in [7, 11) is 0. The summed E-state index contributed by atoms with van der Waals surface area (Å²) in [5.74, 6) is 0.0601. The largest absolute Gasteiger partial charge is 0.417 e. The van der Waals surface area contributed by atoms with E-state index < -0.39 is 35.3 Å². The summed E-state index contributed by atoms with van der Waals surface area (Å²) in [6, 6.07) is 2.79. The lowest BCUT2D eigenvalue weighted by atomic mass is 9.72. The molecule has 0 nitrogen and oxygen atoms in total. The standard InChI is InChI=1S/C28H40F6/c1-3-5-6-8-20-11-15-22(16-12-20)24-18-17-23(21-13-9-19(7-4-2)10-14-21)25(27(29,30)31)26(24)28(32,33)34/h17-22H,3-16H2,1-2H3. The molecule has 0 aliphatic heterocycles. The quantitative estimate of drug-likeness (QED) is 0.251. The van der Waals surface area contributed by atoms with E-state index in [9.17, 15) is 26.3 Å². The molecular formula is C28H40F6. The fourth-order valence-electron chi connectivity index (χ4n) is 6.54. The van der Waals surface area contributed by atoms with Gasteiger partial charge in [0.25, 0.3) is 0 Å². The lowest BCUT2D eigenvalue weighted by Crippen LogP contribution is -2.26. The van der Waals surface area contributed by atoms with Gasteiger partial charge in [-0.2, -0.15) is 26.3 Å². The van der Waals surface area contributed by atoms with E-state index in [0.29, 0.717) is 37.5 Å². The first-order valence-corrected chi connectivity index (χ1v) is 13.4. The van der Waals surface area contributed by atoms with Crippen LogP contribution >= 0.6 is 0 Å². The summed E-state index contributed by atoms with van der Waals surface area (Å²) in [5, 5.41) is 0. The van der Waals surface area contributed by atoms with Gasteiger partial charge in [0.15, 0.2) is 0 Å². The minimum atomic E-state index is -5.02. The highest BCUT2D eigenvalue weighted by molar-refractivity contribution is 5.48. The number of rotatable bonds is 8. The van der Waals surface area contributed by atoms with Crippen molar-refractivity contribution in [2.45, 2.75) is 128 Å². The zero-order chi connectivity index (χ0) is 24.9. The highest BCUT2D eigenvalue weighted by Crippen LogP contribution is 2.51. The van der Waals surface area contributed by atoms with Gasteiger partial charge >= 0.3 is 12.4 Å². The maximum atomic E-state index is 14.3. The Balaban J connectivity index is 1.90. The summed E-state index contributed by atoms with van der Waals surface area (Å²) in [6.45, 7) is 4.22. The number of benzene rings is 1. The molecule has 0 amide bonds. The van der Waals surface area contributed by atoms with E-state index in [-0.39, 0.29) is 11.1 Å². The Hall–Kier alpha value is -1.20. The molecule has 0 saturated heterocycles.